The molecule has 1 aromatic heterocycles. The Kier molecular flexibility index (Phi) is 3.58. The summed E-state index contributed by atoms with van der Waals surface area (Å²) < 4.78 is 17.2. The molecule has 0 unspecified atom stereocenters. The average molecular weight is 225 g/mol. The highest BCUT2D eigenvalue weighted by atomic mass is 16.7. The Labute approximate surface area is 93.9 Å². The maximum absolute atomic E-state index is 11.4. The molecular weight excluding hydrogens is 210 g/mol. The van der Waals surface area contributed by atoms with Gasteiger partial charge in [0.25, 0.3) is 0 Å². The topological polar surface area (TPSA) is 49.7 Å². The Morgan fingerprint density at radius 2 is 2.31 bits per heavy atom. The van der Waals surface area contributed by atoms with Crippen molar-refractivity contribution in [3.63, 3.8) is 0 Å². The van der Waals surface area contributed by atoms with E-state index < -0.39 is 0 Å². The summed E-state index contributed by atoms with van der Waals surface area (Å²) >= 11 is 0. The molecule has 0 aromatic carbocycles. The lowest BCUT2D eigenvalue weighted by Crippen LogP contribution is -2.15. The molecule has 0 amide bonds. The molecule has 0 N–H and O–H groups in total. The second-order valence-electron chi connectivity index (χ2n) is 3.54. The van der Waals surface area contributed by atoms with Crippen LogP contribution in [0.3, 0.4) is 0 Å². The minimum absolute atomic E-state index is 0.145. The molecule has 2 rings (SSSR count). The summed E-state index contributed by atoms with van der Waals surface area (Å²) in [5.74, 6) is -0.321. The van der Waals surface area contributed by atoms with Crippen LogP contribution in [-0.4, -0.2) is 37.1 Å². The molecule has 1 fully saturated rings. The van der Waals surface area contributed by atoms with E-state index in [-0.39, 0.29) is 12.3 Å². The Morgan fingerprint density at radius 1 is 1.56 bits per heavy atom. The molecule has 0 bridgehead atoms. The molecule has 1 aromatic rings. The quantitative estimate of drug-likeness (QED) is 0.718. The van der Waals surface area contributed by atoms with E-state index in [0.717, 1.165) is 6.42 Å². The summed E-state index contributed by atoms with van der Waals surface area (Å²) in [7, 11) is 1.38. The SMILES string of the molecule is COC(=O)c1cccn1CCC1OCCO1. The maximum Gasteiger partial charge on any atom is 0.354 e. The Morgan fingerprint density at radius 3 is 3.00 bits per heavy atom. The monoisotopic (exact) mass is 225 g/mol. The van der Waals surface area contributed by atoms with Crippen LogP contribution in [0, 0.1) is 0 Å². The molecule has 0 aliphatic carbocycles. The van der Waals surface area contributed by atoms with E-state index in [0.29, 0.717) is 25.5 Å². The molecule has 1 aliphatic heterocycles. The number of carbonyl (C=O) groups excluding carboxylic acids is 1. The number of methoxy groups -OCH3 is 1. The molecule has 0 spiro atoms. The van der Waals surface area contributed by atoms with Gasteiger partial charge in [0, 0.05) is 19.2 Å². The number of nitrogens with zero attached hydrogens (tertiary/aromatic N) is 1. The highest BCUT2D eigenvalue weighted by molar-refractivity contribution is 5.87. The fourth-order valence-corrected chi connectivity index (χ4v) is 1.72. The first-order valence-corrected chi connectivity index (χ1v) is 5.28. The van der Waals surface area contributed by atoms with Crippen molar-refractivity contribution in [2.45, 2.75) is 19.3 Å². The molecule has 5 nitrogen and oxygen atoms in total. The summed E-state index contributed by atoms with van der Waals surface area (Å²) in [6, 6.07) is 3.56. The predicted molar refractivity (Wildman–Crippen MR) is 56.1 cm³/mol. The smallest absolute Gasteiger partial charge is 0.354 e. The van der Waals surface area contributed by atoms with Crippen molar-refractivity contribution >= 4 is 5.97 Å². The van der Waals surface area contributed by atoms with E-state index in [1.807, 2.05) is 16.8 Å². The maximum atomic E-state index is 11.4. The van der Waals surface area contributed by atoms with Gasteiger partial charge in [-0.15, -0.1) is 0 Å². The van der Waals surface area contributed by atoms with E-state index in [2.05, 4.69) is 4.74 Å². The number of aryl methyl sites for hydroxylation is 1. The third-order valence-electron chi connectivity index (χ3n) is 2.52. The standard InChI is InChI=1S/C11H15NO4/c1-14-11(13)9-3-2-5-12(9)6-4-10-15-7-8-16-10/h2-3,5,10H,4,6-8H2,1H3. The molecule has 1 aliphatic rings. The minimum Gasteiger partial charge on any atom is -0.464 e. The highest BCUT2D eigenvalue weighted by Crippen LogP contribution is 2.11. The molecule has 5 heteroatoms. The minimum atomic E-state index is -0.321. The molecule has 0 atom stereocenters. The first-order valence-electron chi connectivity index (χ1n) is 5.28. The number of hydrogen-bond acceptors (Lipinski definition) is 4. The molecule has 1 saturated heterocycles. The van der Waals surface area contributed by atoms with Gasteiger partial charge in [-0.3, -0.25) is 0 Å². The Hall–Kier alpha value is -1.33. The van der Waals surface area contributed by atoms with Crippen LogP contribution >= 0.6 is 0 Å². The number of hydrogen-bond donors (Lipinski definition) is 0. The largest absolute Gasteiger partial charge is 0.464 e. The number of carbonyl (C=O) groups is 1. The third kappa shape index (κ3) is 2.43. The van der Waals surface area contributed by atoms with Crippen LogP contribution in [0.25, 0.3) is 0 Å². The summed E-state index contributed by atoms with van der Waals surface area (Å²) in [5.41, 5.74) is 0.556. The van der Waals surface area contributed by atoms with Crippen LogP contribution < -0.4 is 0 Å². The van der Waals surface area contributed by atoms with Gasteiger partial charge in [0.05, 0.1) is 20.3 Å². The predicted octanol–water partition coefficient (Wildman–Crippen LogP) is 1.04. The third-order valence-corrected chi connectivity index (χ3v) is 2.52. The van der Waals surface area contributed by atoms with Crippen molar-refractivity contribution in [2.24, 2.45) is 0 Å². The van der Waals surface area contributed by atoms with Crippen LogP contribution in [-0.2, 0) is 20.8 Å². The van der Waals surface area contributed by atoms with Gasteiger partial charge < -0.3 is 18.8 Å². The van der Waals surface area contributed by atoms with Gasteiger partial charge in [-0.2, -0.15) is 0 Å². The zero-order valence-corrected chi connectivity index (χ0v) is 9.22. The summed E-state index contributed by atoms with van der Waals surface area (Å²) in [4.78, 5) is 11.4. The van der Waals surface area contributed by atoms with Crippen molar-refractivity contribution in [1.82, 2.24) is 4.57 Å². The lowest BCUT2D eigenvalue weighted by atomic mass is 10.4. The van der Waals surface area contributed by atoms with Crippen LogP contribution in [0.4, 0.5) is 0 Å². The van der Waals surface area contributed by atoms with E-state index in [1.54, 1.807) is 6.07 Å². The van der Waals surface area contributed by atoms with Crippen LogP contribution in [0.2, 0.25) is 0 Å². The van der Waals surface area contributed by atoms with E-state index in [9.17, 15) is 4.79 Å². The second-order valence-corrected chi connectivity index (χ2v) is 3.54. The van der Waals surface area contributed by atoms with Crippen molar-refractivity contribution in [2.75, 3.05) is 20.3 Å². The average Bonchev–Trinajstić information content (AvgIpc) is 2.96. The zero-order chi connectivity index (χ0) is 11.4. The lowest BCUT2D eigenvalue weighted by Gasteiger charge is -2.11. The molecule has 88 valence electrons. The highest BCUT2D eigenvalue weighted by Gasteiger charge is 2.17. The first kappa shape index (κ1) is 11.2. The van der Waals surface area contributed by atoms with Crippen molar-refractivity contribution in [3.05, 3.63) is 24.0 Å². The summed E-state index contributed by atoms with van der Waals surface area (Å²) in [6.45, 7) is 1.99. The number of ether oxygens (including phenoxy) is 3. The Bertz CT molecular complexity index is 355. The van der Waals surface area contributed by atoms with Gasteiger partial charge in [-0.05, 0) is 12.1 Å². The fraction of sp³-hybridized carbons (Fsp3) is 0.545. The summed E-state index contributed by atoms with van der Waals surface area (Å²) in [5, 5.41) is 0. The number of esters is 1. The van der Waals surface area contributed by atoms with Gasteiger partial charge >= 0.3 is 5.97 Å². The summed E-state index contributed by atoms with van der Waals surface area (Å²) in [6.07, 6.45) is 2.44. The van der Waals surface area contributed by atoms with Gasteiger partial charge in [-0.25, -0.2) is 4.79 Å². The van der Waals surface area contributed by atoms with Crippen molar-refractivity contribution in [1.29, 1.82) is 0 Å². The molecule has 16 heavy (non-hydrogen) atoms. The zero-order valence-electron chi connectivity index (χ0n) is 9.22. The van der Waals surface area contributed by atoms with Crippen molar-refractivity contribution < 1.29 is 19.0 Å². The van der Waals surface area contributed by atoms with E-state index >= 15 is 0 Å². The molecule has 0 saturated carbocycles. The van der Waals surface area contributed by atoms with E-state index in [1.165, 1.54) is 7.11 Å². The second kappa shape index (κ2) is 5.14. The van der Waals surface area contributed by atoms with Crippen LogP contribution in [0.5, 0.6) is 0 Å². The van der Waals surface area contributed by atoms with Crippen molar-refractivity contribution in [3.8, 4) is 0 Å². The van der Waals surface area contributed by atoms with E-state index in [4.69, 9.17) is 9.47 Å². The molecule has 2 heterocycles. The lowest BCUT2D eigenvalue weighted by molar-refractivity contribution is -0.0491. The molecular formula is C11H15NO4. The van der Waals surface area contributed by atoms with Gasteiger partial charge in [0.2, 0.25) is 0 Å². The fourth-order valence-electron chi connectivity index (χ4n) is 1.72. The normalized spacial score (nSPS) is 16.6. The van der Waals surface area contributed by atoms with Gasteiger partial charge in [-0.1, -0.05) is 0 Å². The number of aromatic nitrogens is 1. The van der Waals surface area contributed by atoms with Gasteiger partial charge in [0.1, 0.15) is 5.69 Å². The first-order chi connectivity index (χ1) is 7.81. The Balaban J connectivity index is 1.93. The van der Waals surface area contributed by atoms with Crippen LogP contribution in [0.1, 0.15) is 16.9 Å². The van der Waals surface area contributed by atoms with Gasteiger partial charge in [0.15, 0.2) is 6.29 Å². The van der Waals surface area contributed by atoms with Crippen LogP contribution in [0.15, 0.2) is 18.3 Å². The number of rotatable bonds is 4. The molecule has 0 radical (unpaired) electrons.